The highest BCUT2D eigenvalue weighted by Gasteiger charge is 2.25. The van der Waals surface area contributed by atoms with Crippen molar-refractivity contribution in [2.45, 2.75) is 51.4 Å². The van der Waals surface area contributed by atoms with Gasteiger partial charge < -0.3 is 4.74 Å². The van der Waals surface area contributed by atoms with E-state index in [1.807, 2.05) is 18.2 Å². The molecule has 1 aliphatic heterocycles. The number of hydrogen-bond acceptors (Lipinski definition) is 4. The van der Waals surface area contributed by atoms with E-state index in [1.54, 1.807) is 6.08 Å². The van der Waals surface area contributed by atoms with Crippen molar-refractivity contribution in [1.29, 1.82) is 0 Å². The third-order valence-electron chi connectivity index (χ3n) is 4.91. The molecule has 0 aromatic heterocycles. The van der Waals surface area contributed by atoms with Crippen LogP contribution < -0.4 is 10.1 Å². The molecule has 1 heterocycles. The Balaban J connectivity index is 1.50. The lowest BCUT2D eigenvalue weighted by atomic mass is 9.86. The molecular weight excluding hydrogens is 370 g/mol. The van der Waals surface area contributed by atoms with E-state index in [9.17, 15) is 9.59 Å². The van der Waals surface area contributed by atoms with Gasteiger partial charge in [0.25, 0.3) is 11.1 Å². The van der Waals surface area contributed by atoms with Crippen LogP contribution >= 0.6 is 23.4 Å². The van der Waals surface area contributed by atoms with Crippen LogP contribution in [-0.2, 0) is 4.79 Å². The van der Waals surface area contributed by atoms with E-state index in [1.165, 1.54) is 44.9 Å². The molecule has 1 aliphatic carbocycles. The van der Waals surface area contributed by atoms with Crippen LogP contribution in [0.15, 0.2) is 23.1 Å². The molecule has 6 heteroatoms. The van der Waals surface area contributed by atoms with Crippen molar-refractivity contribution in [3.05, 3.63) is 33.7 Å². The summed E-state index contributed by atoms with van der Waals surface area (Å²) in [5.41, 5.74) is 0.679. The molecule has 0 unspecified atom stereocenters. The van der Waals surface area contributed by atoms with Crippen molar-refractivity contribution in [1.82, 2.24) is 5.32 Å². The molecule has 1 saturated heterocycles. The lowest BCUT2D eigenvalue weighted by molar-refractivity contribution is -0.115. The van der Waals surface area contributed by atoms with Crippen molar-refractivity contribution < 1.29 is 14.3 Å². The molecular formula is C20H24ClNO3S. The highest BCUT2D eigenvalue weighted by atomic mass is 35.5. The minimum atomic E-state index is -0.384. The molecule has 2 amide bonds. The SMILES string of the molecule is O=C1NC(=O)C(=Cc2cccc(OCCCCC3CCCCC3)c2Cl)S1. The second kappa shape index (κ2) is 9.47. The quantitative estimate of drug-likeness (QED) is 0.470. The van der Waals surface area contributed by atoms with Crippen molar-refractivity contribution in [3.8, 4) is 5.75 Å². The molecule has 26 heavy (non-hydrogen) atoms. The first-order chi connectivity index (χ1) is 12.6. The molecule has 0 spiro atoms. The Kier molecular flexibility index (Phi) is 7.03. The summed E-state index contributed by atoms with van der Waals surface area (Å²) in [5, 5.41) is 2.35. The summed E-state index contributed by atoms with van der Waals surface area (Å²) in [6, 6.07) is 5.48. The predicted molar refractivity (Wildman–Crippen MR) is 106 cm³/mol. The summed E-state index contributed by atoms with van der Waals surface area (Å²) in [5.74, 6) is 1.14. The molecule has 0 atom stereocenters. The fourth-order valence-electron chi connectivity index (χ4n) is 3.51. The number of hydrogen-bond donors (Lipinski definition) is 1. The van der Waals surface area contributed by atoms with Gasteiger partial charge in [0.2, 0.25) is 0 Å². The van der Waals surface area contributed by atoms with E-state index < -0.39 is 0 Å². The van der Waals surface area contributed by atoms with Gasteiger partial charge in [-0.1, -0.05) is 62.3 Å². The van der Waals surface area contributed by atoms with Gasteiger partial charge in [0.05, 0.1) is 16.5 Å². The highest BCUT2D eigenvalue weighted by molar-refractivity contribution is 8.18. The van der Waals surface area contributed by atoms with Crippen LogP contribution in [0.2, 0.25) is 5.02 Å². The fourth-order valence-corrected chi connectivity index (χ4v) is 4.41. The number of thioether (sulfide) groups is 1. The van der Waals surface area contributed by atoms with Gasteiger partial charge in [0.1, 0.15) is 5.75 Å². The first-order valence-corrected chi connectivity index (χ1v) is 10.5. The minimum absolute atomic E-state index is 0.349. The van der Waals surface area contributed by atoms with Crippen molar-refractivity contribution in [2.24, 2.45) is 5.92 Å². The van der Waals surface area contributed by atoms with Crippen LogP contribution in [0.5, 0.6) is 5.75 Å². The zero-order valence-electron chi connectivity index (χ0n) is 14.8. The van der Waals surface area contributed by atoms with Crippen molar-refractivity contribution in [3.63, 3.8) is 0 Å². The Hall–Kier alpha value is -1.46. The molecule has 0 bridgehead atoms. The third-order valence-corrected chi connectivity index (χ3v) is 6.13. The minimum Gasteiger partial charge on any atom is -0.492 e. The number of unbranched alkanes of at least 4 members (excludes halogenated alkanes) is 1. The first kappa shape index (κ1) is 19.3. The van der Waals surface area contributed by atoms with Crippen molar-refractivity contribution in [2.75, 3.05) is 6.61 Å². The maximum Gasteiger partial charge on any atom is 0.290 e. The number of rotatable bonds is 7. The normalized spacial score (nSPS) is 19.8. The molecule has 140 valence electrons. The lowest BCUT2D eigenvalue weighted by Gasteiger charge is -2.21. The lowest BCUT2D eigenvalue weighted by Crippen LogP contribution is -2.17. The number of imide groups is 1. The van der Waals surface area contributed by atoms with Gasteiger partial charge >= 0.3 is 0 Å². The topological polar surface area (TPSA) is 55.4 Å². The molecule has 1 aromatic carbocycles. The second-order valence-corrected chi connectivity index (χ2v) is 8.25. The molecule has 1 saturated carbocycles. The maximum absolute atomic E-state index is 11.7. The number of nitrogens with one attached hydrogen (secondary N) is 1. The smallest absolute Gasteiger partial charge is 0.290 e. The Bertz CT molecular complexity index is 698. The van der Waals surface area contributed by atoms with E-state index >= 15 is 0 Å². The molecule has 2 aliphatic rings. The van der Waals surface area contributed by atoms with Crippen LogP contribution in [-0.4, -0.2) is 17.8 Å². The van der Waals surface area contributed by atoms with E-state index in [4.69, 9.17) is 16.3 Å². The number of benzene rings is 1. The molecule has 2 fully saturated rings. The van der Waals surface area contributed by atoms with E-state index in [0.29, 0.717) is 27.8 Å². The van der Waals surface area contributed by atoms with Crippen LogP contribution in [0, 0.1) is 5.92 Å². The van der Waals surface area contributed by atoms with Gasteiger partial charge in [0, 0.05) is 0 Å². The monoisotopic (exact) mass is 393 g/mol. The van der Waals surface area contributed by atoms with Gasteiger partial charge in [-0.15, -0.1) is 0 Å². The van der Waals surface area contributed by atoms with Crippen LogP contribution in [0.25, 0.3) is 6.08 Å². The first-order valence-electron chi connectivity index (χ1n) is 9.29. The Labute approximate surface area is 163 Å². The van der Waals surface area contributed by atoms with Crippen LogP contribution in [0.4, 0.5) is 4.79 Å². The summed E-state index contributed by atoms with van der Waals surface area (Å²) in [6.45, 7) is 0.639. The van der Waals surface area contributed by atoms with E-state index in [0.717, 1.165) is 24.1 Å². The number of amides is 2. The van der Waals surface area contributed by atoms with Gasteiger partial charge in [-0.3, -0.25) is 14.9 Å². The van der Waals surface area contributed by atoms with Crippen LogP contribution in [0.3, 0.4) is 0 Å². The maximum atomic E-state index is 11.7. The van der Waals surface area contributed by atoms with Gasteiger partial charge in [0.15, 0.2) is 0 Å². The Morgan fingerprint density at radius 1 is 1.19 bits per heavy atom. The fraction of sp³-hybridized carbons (Fsp3) is 0.500. The number of carbonyl (C=O) groups is 2. The molecule has 3 rings (SSSR count). The summed E-state index contributed by atoms with van der Waals surface area (Å²) in [7, 11) is 0. The van der Waals surface area contributed by atoms with Gasteiger partial charge in [-0.2, -0.15) is 0 Å². The Morgan fingerprint density at radius 2 is 2.00 bits per heavy atom. The zero-order chi connectivity index (χ0) is 18.4. The van der Waals surface area contributed by atoms with Gasteiger partial charge in [-0.25, -0.2) is 0 Å². The average molecular weight is 394 g/mol. The summed E-state index contributed by atoms with van der Waals surface area (Å²) in [6.07, 6.45) is 12.1. The second-order valence-electron chi connectivity index (χ2n) is 6.86. The zero-order valence-corrected chi connectivity index (χ0v) is 16.3. The molecule has 4 nitrogen and oxygen atoms in total. The number of ether oxygens (including phenoxy) is 1. The molecule has 1 aromatic rings. The summed E-state index contributed by atoms with van der Waals surface area (Å²) < 4.78 is 5.84. The summed E-state index contributed by atoms with van der Waals surface area (Å²) in [4.78, 5) is 23.3. The number of carbonyl (C=O) groups excluding carboxylic acids is 2. The standard InChI is InChI=1S/C20H24ClNO3S/c21-18-15(13-17-19(23)22-20(24)26-17)10-6-11-16(18)25-12-5-4-9-14-7-2-1-3-8-14/h6,10-11,13-14H,1-5,7-9,12H2,(H,22,23,24). The highest BCUT2D eigenvalue weighted by Crippen LogP contribution is 2.33. The molecule has 0 radical (unpaired) electrons. The Morgan fingerprint density at radius 3 is 2.73 bits per heavy atom. The predicted octanol–water partition coefficient (Wildman–Crippen LogP) is 5.79. The van der Waals surface area contributed by atoms with Gasteiger partial charge in [-0.05, 0) is 48.2 Å². The summed E-state index contributed by atoms with van der Waals surface area (Å²) >= 11 is 7.29. The number of halogens is 1. The average Bonchev–Trinajstić information content (AvgIpc) is 2.95. The largest absolute Gasteiger partial charge is 0.492 e. The van der Waals surface area contributed by atoms with Crippen molar-refractivity contribution >= 4 is 40.6 Å². The molecule has 1 N–H and O–H groups in total. The van der Waals surface area contributed by atoms with Crippen LogP contribution in [0.1, 0.15) is 56.9 Å². The van der Waals surface area contributed by atoms with E-state index in [-0.39, 0.29) is 11.1 Å². The third kappa shape index (κ3) is 5.27. The van der Waals surface area contributed by atoms with E-state index in [2.05, 4.69) is 5.32 Å².